The number of nitrogens with zero attached hydrogens (tertiary/aromatic N) is 3. The lowest BCUT2D eigenvalue weighted by atomic mass is 9.96. The molecular weight excluding hydrogens is 294 g/mol. The lowest BCUT2D eigenvalue weighted by Gasteiger charge is -2.19. The molecule has 2 aliphatic carbocycles. The van der Waals surface area contributed by atoms with Gasteiger partial charge in [0.2, 0.25) is 0 Å². The summed E-state index contributed by atoms with van der Waals surface area (Å²) in [6.07, 6.45) is 13.2. The Labute approximate surface area is 147 Å². The van der Waals surface area contributed by atoms with Crippen molar-refractivity contribution in [2.45, 2.75) is 90.1 Å². The van der Waals surface area contributed by atoms with Gasteiger partial charge in [-0.3, -0.25) is 9.98 Å². The van der Waals surface area contributed by atoms with E-state index in [1.165, 1.54) is 87.0 Å². The quantitative estimate of drug-likeness (QED) is 0.671. The minimum atomic E-state index is 0.536. The second-order valence-electron chi connectivity index (χ2n) is 7.68. The maximum atomic E-state index is 5.01. The Morgan fingerprint density at radius 1 is 0.750 bits per heavy atom. The fraction of sp³-hybridized carbons (Fsp3) is 0.714. The molecule has 1 aromatic heterocycles. The molecule has 2 saturated carbocycles. The zero-order valence-electron chi connectivity index (χ0n) is 15.7. The van der Waals surface area contributed by atoms with Crippen LogP contribution < -0.4 is 0 Å². The molecule has 0 unspecified atom stereocenters. The summed E-state index contributed by atoms with van der Waals surface area (Å²) < 4.78 is 2.28. The van der Waals surface area contributed by atoms with E-state index in [1.807, 2.05) is 0 Å². The lowest BCUT2D eigenvalue weighted by molar-refractivity contribution is 0.443. The monoisotopic (exact) mass is 327 g/mol. The Kier molecular flexibility index (Phi) is 5.91. The fourth-order valence-corrected chi connectivity index (χ4v) is 4.34. The number of aromatic nitrogens is 1. The van der Waals surface area contributed by atoms with Gasteiger partial charge in [0.15, 0.2) is 0 Å². The molecule has 3 nitrogen and oxygen atoms in total. The van der Waals surface area contributed by atoms with Crippen molar-refractivity contribution in [2.24, 2.45) is 17.0 Å². The molecule has 1 aromatic rings. The van der Waals surface area contributed by atoms with E-state index in [9.17, 15) is 0 Å². The molecule has 1 heterocycles. The van der Waals surface area contributed by atoms with Gasteiger partial charge in [-0.1, -0.05) is 38.5 Å². The van der Waals surface area contributed by atoms with Crippen LogP contribution in [0.1, 0.15) is 89.4 Å². The number of aliphatic imine (C=N–C) groups is 2. The van der Waals surface area contributed by atoms with Crippen LogP contribution in [0.15, 0.2) is 22.1 Å². The standard InChI is InChI=1S/C21H33N3/c1-16(22-18-10-6-4-7-11-18)20-14-15-21(24(20)3)17(2)23-19-12-8-5-9-13-19/h14-15,18-19H,4-13H2,1-3H3. The molecule has 2 fully saturated rings. The Hall–Kier alpha value is -1.38. The molecule has 3 heteroatoms. The number of rotatable bonds is 4. The average Bonchev–Trinajstić information content (AvgIpc) is 2.98. The second-order valence-corrected chi connectivity index (χ2v) is 7.68. The average molecular weight is 328 g/mol. The van der Waals surface area contributed by atoms with Gasteiger partial charge in [-0.05, 0) is 51.7 Å². The molecular formula is C21H33N3. The first-order valence-electron chi connectivity index (χ1n) is 9.90. The van der Waals surface area contributed by atoms with Crippen LogP contribution in [0.25, 0.3) is 0 Å². The van der Waals surface area contributed by atoms with E-state index in [1.54, 1.807) is 0 Å². The van der Waals surface area contributed by atoms with Crippen molar-refractivity contribution in [3.63, 3.8) is 0 Å². The largest absolute Gasteiger partial charge is 0.342 e. The summed E-state index contributed by atoms with van der Waals surface area (Å²) >= 11 is 0. The zero-order chi connectivity index (χ0) is 16.9. The molecule has 0 bridgehead atoms. The Morgan fingerprint density at radius 3 is 1.50 bits per heavy atom. The summed E-state index contributed by atoms with van der Waals surface area (Å²) in [6, 6.07) is 5.51. The molecule has 24 heavy (non-hydrogen) atoms. The van der Waals surface area contributed by atoms with Crippen LogP contribution in [-0.4, -0.2) is 28.1 Å². The third kappa shape index (κ3) is 4.17. The van der Waals surface area contributed by atoms with E-state index in [0.29, 0.717) is 12.1 Å². The van der Waals surface area contributed by atoms with Gasteiger partial charge in [-0.2, -0.15) is 0 Å². The second kappa shape index (κ2) is 8.13. The minimum Gasteiger partial charge on any atom is -0.342 e. The van der Waals surface area contributed by atoms with Gasteiger partial charge in [0.25, 0.3) is 0 Å². The normalized spacial score (nSPS) is 22.1. The summed E-state index contributed by atoms with van der Waals surface area (Å²) in [7, 11) is 2.16. The van der Waals surface area contributed by atoms with Crippen LogP contribution in [0.5, 0.6) is 0 Å². The summed E-state index contributed by atoms with van der Waals surface area (Å²) in [5.74, 6) is 0. The fourth-order valence-electron chi connectivity index (χ4n) is 4.34. The SMILES string of the molecule is CC(=NC1CCCCC1)c1ccc(C(C)=NC2CCCCC2)n1C. The topological polar surface area (TPSA) is 29.6 Å². The van der Waals surface area contributed by atoms with Crippen molar-refractivity contribution in [3.05, 3.63) is 23.5 Å². The molecule has 2 aliphatic rings. The molecule has 0 aromatic carbocycles. The Balaban J connectivity index is 1.74. The summed E-state index contributed by atoms with van der Waals surface area (Å²) in [5, 5.41) is 0. The third-order valence-corrected chi connectivity index (χ3v) is 5.76. The lowest BCUT2D eigenvalue weighted by Crippen LogP contribution is -2.16. The van der Waals surface area contributed by atoms with Crippen molar-refractivity contribution in [1.82, 2.24) is 4.57 Å². The van der Waals surface area contributed by atoms with E-state index in [-0.39, 0.29) is 0 Å². The first-order chi connectivity index (χ1) is 11.6. The van der Waals surface area contributed by atoms with Gasteiger partial charge >= 0.3 is 0 Å². The Morgan fingerprint density at radius 2 is 1.12 bits per heavy atom. The first-order valence-corrected chi connectivity index (χ1v) is 9.90. The molecule has 0 N–H and O–H groups in total. The number of hydrogen-bond donors (Lipinski definition) is 0. The zero-order valence-corrected chi connectivity index (χ0v) is 15.7. The molecule has 0 saturated heterocycles. The molecule has 0 amide bonds. The summed E-state index contributed by atoms with van der Waals surface area (Å²) in [5.41, 5.74) is 4.85. The molecule has 0 atom stereocenters. The minimum absolute atomic E-state index is 0.536. The van der Waals surface area contributed by atoms with Gasteiger partial charge < -0.3 is 4.57 Å². The maximum absolute atomic E-state index is 5.01. The van der Waals surface area contributed by atoms with Gasteiger partial charge in [0.1, 0.15) is 0 Å². The van der Waals surface area contributed by atoms with E-state index in [4.69, 9.17) is 9.98 Å². The van der Waals surface area contributed by atoms with Crippen LogP contribution in [0.2, 0.25) is 0 Å². The molecule has 0 aliphatic heterocycles. The van der Waals surface area contributed by atoms with Crippen molar-refractivity contribution < 1.29 is 0 Å². The van der Waals surface area contributed by atoms with Crippen molar-refractivity contribution >= 4 is 11.4 Å². The van der Waals surface area contributed by atoms with E-state index in [0.717, 1.165) is 0 Å². The van der Waals surface area contributed by atoms with Gasteiger partial charge in [0.05, 0.1) is 34.9 Å². The van der Waals surface area contributed by atoms with Crippen LogP contribution in [0, 0.1) is 0 Å². The van der Waals surface area contributed by atoms with E-state index < -0.39 is 0 Å². The van der Waals surface area contributed by atoms with Crippen LogP contribution in [-0.2, 0) is 7.05 Å². The predicted octanol–water partition coefficient (Wildman–Crippen LogP) is 5.31. The van der Waals surface area contributed by atoms with Crippen molar-refractivity contribution in [3.8, 4) is 0 Å². The van der Waals surface area contributed by atoms with E-state index in [2.05, 4.69) is 37.6 Å². The van der Waals surface area contributed by atoms with Gasteiger partial charge in [-0.15, -0.1) is 0 Å². The van der Waals surface area contributed by atoms with Crippen molar-refractivity contribution in [2.75, 3.05) is 0 Å². The van der Waals surface area contributed by atoms with Crippen LogP contribution in [0.4, 0.5) is 0 Å². The predicted molar refractivity (Wildman–Crippen MR) is 104 cm³/mol. The van der Waals surface area contributed by atoms with Gasteiger partial charge in [0, 0.05) is 7.05 Å². The van der Waals surface area contributed by atoms with Crippen LogP contribution in [0.3, 0.4) is 0 Å². The van der Waals surface area contributed by atoms with Gasteiger partial charge in [-0.25, -0.2) is 0 Å². The first kappa shape index (κ1) is 17.4. The van der Waals surface area contributed by atoms with E-state index >= 15 is 0 Å². The molecule has 132 valence electrons. The highest BCUT2D eigenvalue weighted by Gasteiger charge is 2.16. The number of hydrogen-bond acceptors (Lipinski definition) is 2. The molecule has 3 rings (SSSR count). The molecule has 0 radical (unpaired) electrons. The smallest absolute Gasteiger partial charge is 0.0620 e. The van der Waals surface area contributed by atoms with Crippen LogP contribution >= 0.6 is 0 Å². The summed E-state index contributed by atoms with van der Waals surface area (Å²) in [6.45, 7) is 4.34. The highest BCUT2D eigenvalue weighted by Crippen LogP contribution is 2.23. The third-order valence-electron chi connectivity index (χ3n) is 5.76. The highest BCUT2D eigenvalue weighted by atomic mass is 15.0. The summed E-state index contributed by atoms with van der Waals surface area (Å²) in [4.78, 5) is 10.0. The van der Waals surface area contributed by atoms with Crippen molar-refractivity contribution in [1.29, 1.82) is 0 Å². The highest BCUT2D eigenvalue weighted by molar-refractivity contribution is 6.02. The Bertz CT molecular complexity index is 545. The maximum Gasteiger partial charge on any atom is 0.0620 e. The molecule has 0 spiro atoms.